The van der Waals surface area contributed by atoms with Gasteiger partial charge in [-0.05, 0) is 37.1 Å². The zero-order valence-electron chi connectivity index (χ0n) is 14.8. The van der Waals surface area contributed by atoms with Crippen LogP contribution in [0.5, 0.6) is 0 Å². The molecule has 2 aliphatic heterocycles. The van der Waals surface area contributed by atoms with Crippen molar-refractivity contribution in [3.63, 3.8) is 0 Å². The van der Waals surface area contributed by atoms with Gasteiger partial charge in [0.1, 0.15) is 5.82 Å². The average molecular weight is 347 g/mol. The highest BCUT2D eigenvalue weighted by atomic mass is 19.1. The maximum atomic E-state index is 13.4. The summed E-state index contributed by atoms with van der Waals surface area (Å²) >= 11 is 0. The largest absolute Gasteiger partial charge is 0.339 e. The van der Waals surface area contributed by atoms with Crippen LogP contribution in [-0.4, -0.2) is 65.8 Å². The van der Waals surface area contributed by atoms with E-state index < -0.39 is 0 Å². The molecule has 2 aliphatic rings. The summed E-state index contributed by atoms with van der Waals surface area (Å²) in [6.07, 6.45) is 1.89. The van der Waals surface area contributed by atoms with Crippen LogP contribution in [0.3, 0.4) is 0 Å². The maximum absolute atomic E-state index is 13.4. The standard InChI is InChI=1S/C19H26FN3O2/c1-15(24)22-8-10-23(11-9-22)19(25)17-5-3-7-21(14-17)13-16-4-2-6-18(20)12-16/h2,4,6,12,17H,3,5,7-11,13-14H2,1H3/t17-/m1/s1. The lowest BCUT2D eigenvalue weighted by atomic mass is 9.95. The zero-order valence-corrected chi connectivity index (χ0v) is 14.8. The lowest BCUT2D eigenvalue weighted by Crippen LogP contribution is -2.53. The van der Waals surface area contributed by atoms with Gasteiger partial charge >= 0.3 is 0 Å². The molecule has 0 unspecified atom stereocenters. The number of benzene rings is 1. The van der Waals surface area contributed by atoms with Crippen molar-refractivity contribution in [2.24, 2.45) is 5.92 Å². The van der Waals surface area contributed by atoms with Crippen molar-refractivity contribution in [1.82, 2.24) is 14.7 Å². The van der Waals surface area contributed by atoms with E-state index in [1.54, 1.807) is 24.0 Å². The van der Waals surface area contributed by atoms with Crippen LogP contribution in [0.25, 0.3) is 0 Å². The van der Waals surface area contributed by atoms with E-state index >= 15 is 0 Å². The quantitative estimate of drug-likeness (QED) is 0.836. The third kappa shape index (κ3) is 4.57. The highest BCUT2D eigenvalue weighted by molar-refractivity contribution is 5.80. The van der Waals surface area contributed by atoms with Gasteiger partial charge in [-0.3, -0.25) is 14.5 Å². The predicted octanol–water partition coefficient (Wildman–Crippen LogP) is 1.73. The monoisotopic (exact) mass is 347 g/mol. The molecule has 1 atom stereocenters. The summed E-state index contributed by atoms with van der Waals surface area (Å²) in [6, 6.07) is 6.67. The molecule has 0 N–H and O–H groups in total. The van der Waals surface area contributed by atoms with Gasteiger partial charge in [0, 0.05) is 46.2 Å². The number of rotatable bonds is 3. The van der Waals surface area contributed by atoms with Crippen LogP contribution in [-0.2, 0) is 16.1 Å². The molecule has 0 spiro atoms. The molecular weight excluding hydrogens is 321 g/mol. The second-order valence-electron chi connectivity index (χ2n) is 7.04. The number of carbonyl (C=O) groups excluding carboxylic acids is 2. The van der Waals surface area contributed by atoms with Crippen LogP contribution in [0, 0.1) is 11.7 Å². The molecule has 2 saturated heterocycles. The van der Waals surface area contributed by atoms with Gasteiger partial charge in [0.05, 0.1) is 5.92 Å². The molecule has 2 fully saturated rings. The molecule has 2 amide bonds. The number of amides is 2. The summed E-state index contributed by atoms with van der Waals surface area (Å²) in [5.41, 5.74) is 0.947. The highest BCUT2D eigenvalue weighted by Crippen LogP contribution is 2.21. The molecule has 136 valence electrons. The summed E-state index contributed by atoms with van der Waals surface area (Å²) < 4.78 is 13.4. The second-order valence-corrected chi connectivity index (χ2v) is 7.04. The molecule has 2 heterocycles. The Hall–Kier alpha value is -1.95. The molecule has 3 rings (SSSR count). The van der Waals surface area contributed by atoms with Crippen molar-refractivity contribution in [2.75, 3.05) is 39.3 Å². The van der Waals surface area contributed by atoms with Gasteiger partial charge in [-0.2, -0.15) is 0 Å². The molecule has 1 aromatic carbocycles. The molecule has 25 heavy (non-hydrogen) atoms. The Morgan fingerprint density at radius 3 is 2.52 bits per heavy atom. The minimum absolute atomic E-state index is 0.00573. The number of hydrogen-bond acceptors (Lipinski definition) is 3. The number of hydrogen-bond donors (Lipinski definition) is 0. The summed E-state index contributed by atoms with van der Waals surface area (Å²) in [7, 11) is 0. The maximum Gasteiger partial charge on any atom is 0.227 e. The first kappa shape index (κ1) is 17.9. The molecule has 1 aromatic rings. The van der Waals surface area contributed by atoms with Crippen LogP contribution in [0.15, 0.2) is 24.3 Å². The van der Waals surface area contributed by atoms with E-state index in [9.17, 15) is 14.0 Å². The van der Waals surface area contributed by atoms with Crippen molar-refractivity contribution in [3.8, 4) is 0 Å². The molecular formula is C19H26FN3O2. The molecule has 0 radical (unpaired) electrons. The predicted molar refractivity (Wildman–Crippen MR) is 93.2 cm³/mol. The van der Waals surface area contributed by atoms with E-state index in [2.05, 4.69) is 4.90 Å². The Bertz CT molecular complexity index is 629. The zero-order chi connectivity index (χ0) is 17.8. The summed E-state index contributed by atoms with van der Waals surface area (Å²) in [6.45, 7) is 6.42. The normalized spacial score (nSPS) is 22.1. The van der Waals surface area contributed by atoms with Crippen molar-refractivity contribution in [3.05, 3.63) is 35.6 Å². The number of piperidine rings is 1. The van der Waals surface area contributed by atoms with E-state index in [-0.39, 0.29) is 23.5 Å². The molecule has 0 aliphatic carbocycles. The Morgan fingerprint density at radius 2 is 1.84 bits per heavy atom. The fourth-order valence-electron chi connectivity index (χ4n) is 3.79. The number of piperazine rings is 1. The third-order valence-electron chi connectivity index (χ3n) is 5.19. The topological polar surface area (TPSA) is 43.9 Å². The van der Waals surface area contributed by atoms with Crippen LogP contribution < -0.4 is 0 Å². The fraction of sp³-hybridized carbons (Fsp3) is 0.579. The average Bonchev–Trinajstić information content (AvgIpc) is 2.61. The number of carbonyl (C=O) groups is 2. The van der Waals surface area contributed by atoms with E-state index in [0.29, 0.717) is 32.7 Å². The van der Waals surface area contributed by atoms with Crippen molar-refractivity contribution < 1.29 is 14.0 Å². The van der Waals surface area contributed by atoms with E-state index in [1.165, 1.54) is 6.07 Å². The van der Waals surface area contributed by atoms with Crippen molar-refractivity contribution in [2.45, 2.75) is 26.3 Å². The van der Waals surface area contributed by atoms with E-state index in [4.69, 9.17) is 0 Å². The van der Waals surface area contributed by atoms with Crippen LogP contribution in [0.2, 0.25) is 0 Å². The van der Waals surface area contributed by atoms with E-state index in [1.807, 2.05) is 11.0 Å². The molecule has 5 nitrogen and oxygen atoms in total. The molecule has 0 saturated carbocycles. The first-order valence-electron chi connectivity index (χ1n) is 9.04. The van der Waals surface area contributed by atoms with Gasteiger partial charge in [0.15, 0.2) is 0 Å². The van der Waals surface area contributed by atoms with Crippen molar-refractivity contribution in [1.29, 1.82) is 0 Å². The minimum atomic E-state index is -0.217. The second kappa shape index (κ2) is 7.95. The number of halogens is 1. The summed E-state index contributed by atoms with van der Waals surface area (Å²) in [5.74, 6) is 0.0647. The highest BCUT2D eigenvalue weighted by Gasteiger charge is 2.31. The van der Waals surface area contributed by atoms with E-state index in [0.717, 1.165) is 31.5 Å². The summed E-state index contributed by atoms with van der Waals surface area (Å²) in [5, 5.41) is 0. The first-order chi connectivity index (χ1) is 12.0. The van der Waals surface area contributed by atoms with Gasteiger partial charge in [0.25, 0.3) is 0 Å². The van der Waals surface area contributed by atoms with Crippen LogP contribution >= 0.6 is 0 Å². The fourth-order valence-corrected chi connectivity index (χ4v) is 3.79. The number of likely N-dealkylation sites (tertiary alicyclic amines) is 1. The van der Waals surface area contributed by atoms with Gasteiger partial charge in [-0.15, -0.1) is 0 Å². The van der Waals surface area contributed by atoms with Gasteiger partial charge in [0.2, 0.25) is 11.8 Å². The van der Waals surface area contributed by atoms with Gasteiger partial charge < -0.3 is 9.80 Å². The first-order valence-corrected chi connectivity index (χ1v) is 9.04. The Labute approximate surface area is 148 Å². The summed E-state index contributed by atoms with van der Waals surface area (Å²) in [4.78, 5) is 30.2. The number of nitrogens with zero attached hydrogens (tertiary/aromatic N) is 3. The lowest BCUT2D eigenvalue weighted by molar-refractivity contribution is -0.142. The molecule has 0 aromatic heterocycles. The smallest absolute Gasteiger partial charge is 0.227 e. The van der Waals surface area contributed by atoms with Gasteiger partial charge in [-0.25, -0.2) is 4.39 Å². The Kier molecular flexibility index (Phi) is 5.68. The van der Waals surface area contributed by atoms with Crippen molar-refractivity contribution >= 4 is 11.8 Å². The minimum Gasteiger partial charge on any atom is -0.339 e. The molecule has 6 heteroatoms. The Morgan fingerprint density at radius 1 is 1.12 bits per heavy atom. The van der Waals surface area contributed by atoms with Gasteiger partial charge in [-0.1, -0.05) is 12.1 Å². The Balaban J connectivity index is 1.54. The third-order valence-corrected chi connectivity index (χ3v) is 5.19. The SMILES string of the molecule is CC(=O)N1CCN(C(=O)[C@@H]2CCCN(Cc3cccc(F)c3)C2)CC1. The van der Waals surface area contributed by atoms with Crippen LogP contribution in [0.1, 0.15) is 25.3 Å². The lowest BCUT2D eigenvalue weighted by Gasteiger charge is -2.38. The van der Waals surface area contributed by atoms with Crippen LogP contribution in [0.4, 0.5) is 4.39 Å². The molecule has 0 bridgehead atoms.